The van der Waals surface area contributed by atoms with E-state index in [0.29, 0.717) is 17.8 Å². The molecule has 1 aliphatic carbocycles. The highest BCUT2D eigenvalue weighted by Gasteiger charge is 2.43. The van der Waals surface area contributed by atoms with Crippen molar-refractivity contribution in [2.75, 3.05) is 11.5 Å². The van der Waals surface area contributed by atoms with Crippen molar-refractivity contribution in [3.05, 3.63) is 125 Å². The molecule has 9 heteroatoms. The number of esters is 1. The Labute approximate surface area is 340 Å². The van der Waals surface area contributed by atoms with Crippen molar-refractivity contribution in [2.45, 2.75) is 135 Å². The summed E-state index contributed by atoms with van der Waals surface area (Å²) in [6.45, 7) is 9.62. The van der Waals surface area contributed by atoms with Crippen LogP contribution in [0.15, 0.2) is 97.1 Å². The molecule has 0 N–H and O–H groups in total. The number of unbranched alkanes of at least 4 members (excludes halogenated alkanes) is 10. The Morgan fingerprint density at radius 1 is 0.621 bits per heavy atom. The van der Waals surface area contributed by atoms with Crippen LogP contribution in [0.4, 0.5) is 43.4 Å². The molecular formula is C49H57F6NO2. The van der Waals surface area contributed by atoms with Gasteiger partial charge in [0.15, 0.2) is 0 Å². The minimum Gasteiger partial charge on any atom is -0.462 e. The van der Waals surface area contributed by atoms with E-state index in [4.69, 9.17) is 4.74 Å². The number of ether oxygens (including phenoxy) is 1. The summed E-state index contributed by atoms with van der Waals surface area (Å²) >= 11 is 0. The standard InChI is InChI=1S/C49H57F6NO2/c1-5-7-9-11-13-17-28-47(29-18-14-12-10-8-6-2)44-20-16-15-19-42(44)43-26-25-40(34-45(43)47)56(39-23-21-36(22-24-39)27-30-58-46(57)35(3)4)41-32-37(48(50,51)52)31-38(33-41)49(53,54)55/h15-16,19-26,31-34H,3,5-14,17-18,27-30H2,1-2,4H3. The van der Waals surface area contributed by atoms with Gasteiger partial charge >= 0.3 is 18.3 Å². The maximum absolute atomic E-state index is 14.3. The van der Waals surface area contributed by atoms with Gasteiger partial charge in [-0.2, -0.15) is 26.3 Å². The SMILES string of the molecule is C=C(C)C(=O)OCCc1ccc(N(c2cc(C(F)(F)F)cc(C(F)(F)F)c2)c2ccc3c(c2)C(CCCCCCCC)(CCCCCCCC)c2ccccc2-3)cc1. The molecule has 312 valence electrons. The van der Waals surface area contributed by atoms with Gasteiger partial charge < -0.3 is 9.64 Å². The molecule has 0 saturated heterocycles. The number of hydrogen-bond donors (Lipinski definition) is 0. The fourth-order valence-electron chi connectivity index (χ4n) is 8.37. The predicted molar refractivity (Wildman–Crippen MR) is 223 cm³/mol. The summed E-state index contributed by atoms with van der Waals surface area (Å²) < 4.78 is 91.2. The zero-order chi connectivity index (χ0) is 41.9. The summed E-state index contributed by atoms with van der Waals surface area (Å²) in [5, 5.41) is 0. The molecule has 0 bridgehead atoms. The fourth-order valence-corrected chi connectivity index (χ4v) is 8.37. The lowest BCUT2D eigenvalue weighted by Crippen LogP contribution is -2.26. The molecule has 0 saturated carbocycles. The number of fused-ring (bicyclic) bond motifs is 3. The zero-order valence-corrected chi connectivity index (χ0v) is 34.1. The van der Waals surface area contributed by atoms with E-state index in [2.05, 4.69) is 38.6 Å². The van der Waals surface area contributed by atoms with Gasteiger partial charge in [0.25, 0.3) is 0 Å². The molecule has 4 aromatic rings. The topological polar surface area (TPSA) is 29.5 Å². The largest absolute Gasteiger partial charge is 0.462 e. The van der Waals surface area contributed by atoms with E-state index < -0.39 is 29.4 Å². The van der Waals surface area contributed by atoms with E-state index in [1.54, 1.807) is 37.3 Å². The molecule has 0 aromatic heterocycles. The number of carbonyl (C=O) groups excluding carboxylic acids is 1. The Hall–Kier alpha value is -4.53. The predicted octanol–water partition coefficient (Wildman–Crippen LogP) is 15.6. The minimum atomic E-state index is -5.02. The van der Waals surface area contributed by atoms with Crippen molar-refractivity contribution in [3.8, 4) is 11.1 Å². The normalized spacial score (nSPS) is 13.3. The number of carbonyl (C=O) groups is 1. The van der Waals surface area contributed by atoms with Gasteiger partial charge in [0.1, 0.15) is 0 Å². The van der Waals surface area contributed by atoms with Gasteiger partial charge in [0, 0.05) is 34.5 Å². The lowest BCUT2D eigenvalue weighted by atomic mass is 9.70. The van der Waals surface area contributed by atoms with Gasteiger partial charge in [-0.3, -0.25) is 0 Å². The lowest BCUT2D eigenvalue weighted by Gasteiger charge is -2.34. The summed E-state index contributed by atoms with van der Waals surface area (Å²) in [6.07, 6.45) is 5.68. The van der Waals surface area contributed by atoms with Crippen LogP contribution in [0.5, 0.6) is 0 Å². The molecule has 0 atom stereocenters. The highest BCUT2D eigenvalue weighted by atomic mass is 19.4. The zero-order valence-electron chi connectivity index (χ0n) is 34.1. The van der Waals surface area contributed by atoms with Crippen molar-refractivity contribution in [1.82, 2.24) is 0 Å². The second kappa shape index (κ2) is 20.0. The first-order chi connectivity index (χ1) is 27.7. The molecule has 1 aliphatic rings. The molecule has 0 amide bonds. The van der Waals surface area contributed by atoms with Crippen LogP contribution in [-0.2, 0) is 33.7 Å². The van der Waals surface area contributed by atoms with E-state index >= 15 is 0 Å². The third-order valence-corrected chi connectivity index (χ3v) is 11.4. The van der Waals surface area contributed by atoms with Crippen LogP contribution in [0, 0.1) is 0 Å². The number of alkyl halides is 6. The minimum absolute atomic E-state index is 0.0853. The molecule has 0 aliphatic heterocycles. The van der Waals surface area contributed by atoms with E-state index in [0.717, 1.165) is 98.6 Å². The summed E-state index contributed by atoms with van der Waals surface area (Å²) in [5.41, 5.74) is 3.02. The van der Waals surface area contributed by atoms with Gasteiger partial charge in [0.2, 0.25) is 0 Å². The quantitative estimate of drug-likeness (QED) is 0.0364. The van der Waals surface area contributed by atoms with Gasteiger partial charge in [-0.25, -0.2) is 4.79 Å². The van der Waals surface area contributed by atoms with Gasteiger partial charge in [-0.1, -0.05) is 140 Å². The van der Waals surface area contributed by atoms with E-state index in [1.807, 2.05) is 18.2 Å². The first kappa shape index (κ1) is 44.6. The highest BCUT2D eigenvalue weighted by Crippen LogP contribution is 2.56. The van der Waals surface area contributed by atoms with E-state index in [-0.39, 0.29) is 29.3 Å². The second-order valence-electron chi connectivity index (χ2n) is 15.8. The number of rotatable bonds is 21. The second-order valence-corrected chi connectivity index (χ2v) is 15.8. The summed E-state index contributed by atoms with van der Waals surface area (Å²) in [7, 11) is 0. The number of halogens is 6. The summed E-state index contributed by atoms with van der Waals surface area (Å²) in [6, 6.07) is 22.9. The highest BCUT2D eigenvalue weighted by molar-refractivity contribution is 5.87. The first-order valence-corrected chi connectivity index (χ1v) is 20.9. The molecule has 0 spiro atoms. The number of nitrogens with zero attached hydrogens (tertiary/aromatic N) is 1. The Balaban J connectivity index is 1.64. The molecule has 5 rings (SSSR count). The van der Waals surface area contributed by atoms with Gasteiger partial charge in [-0.15, -0.1) is 0 Å². The summed E-state index contributed by atoms with van der Waals surface area (Å²) in [4.78, 5) is 13.4. The number of anilines is 3. The Bertz CT molecular complexity index is 1930. The van der Waals surface area contributed by atoms with Gasteiger partial charge in [-0.05, 0) is 90.0 Å². The van der Waals surface area contributed by atoms with Crippen LogP contribution >= 0.6 is 0 Å². The average Bonchev–Trinajstić information content (AvgIpc) is 3.46. The molecular weight excluding hydrogens is 749 g/mol. The lowest BCUT2D eigenvalue weighted by molar-refractivity contribution is -0.143. The van der Waals surface area contributed by atoms with Crippen LogP contribution in [0.25, 0.3) is 11.1 Å². The molecule has 3 nitrogen and oxygen atoms in total. The Morgan fingerprint density at radius 3 is 1.69 bits per heavy atom. The van der Waals surface area contributed by atoms with Crippen LogP contribution in [0.1, 0.15) is 138 Å². The third kappa shape index (κ3) is 10.9. The average molecular weight is 806 g/mol. The number of benzene rings is 4. The van der Waals surface area contributed by atoms with Crippen LogP contribution < -0.4 is 4.90 Å². The van der Waals surface area contributed by atoms with E-state index in [1.165, 1.54) is 36.1 Å². The smallest absolute Gasteiger partial charge is 0.416 e. The maximum atomic E-state index is 14.3. The third-order valence-electron chi connectivity index (χ3n) is 11.4. The van der Waals surface area contributed by atoms with Crippen molar-refractivity contribution in [3.63, 3.8) is 0 Å². The molecule has 4 aromatic carbocycles. The summed E-state index contributed by atoms with van der Waals surface area (Å²) in [5.74, 6) is -0.518. The van der Waals surface area contributed by atoms with Crippen molar-refractivity contribution in [2.24, 2.45) is 0 Å². The number of hydrogen-bond acceptors (Lipinski definition) is 3. The van der Waals surface area contributed by atoms with Crippen LogP contribution in [-0.4, -0.2) is 12.6 Å². The van der Waals surface area contributed by atoms with Crippen molar-refractivity contribution < 1.29 is 35.9 Å². The molecule has 0 radical (unpaired) electrons. The van der Waals surface area contributed by atoms with E-state index in [9.17, 15) is 31.1 Å². The maximum Gasteiger partial charge on any atom is 0.416 e. The fraction of sp³-hybridized carbons (Fsp3) is 0.449. The molecule has 58 heavy (non-hydrogen) atoms. The van der Waals surface area contributed by atoms with Crippen molar-refractivity contribution >= 4 is 23.0 Å². The van der Waals surface area contributed by atoms with Crippen molar-refractivity contribution in [1.29, 1.82) is 0 Å². The Kier molecular flexibility index (Phi) is 15.3. The monoisotopic (exact) mass is 805 g/mol. The van der Waals surface area contributed by atoms with Gasteiger partial charge in [0.05, 0.1) is 17.7 Å². The molecule has 0 unspecified atom stereocenters. The first-order valence-electron chi connectivity index (χ1n) is 20.9. The van der Waals surface area contributed by atoms with Crippen LogP contribution in [0.2, 0.25) is 0 Å². The molecule has 0 heterocycles. The van der Waals surface area contributed by atoms with Crippen LogP contribution in [0.3, 0.4) is 0 Å². The Morgan fingerprint density at radius 2 is 1.14 bits per heavy atom. The molecule has 0 fully saturated rings.